The third-order valence-corrected chi connectivity index (χ3v) is 4.47. The number of nitrogens with zero attached hydrogens (tertiary/aromatic N) is 1. The predicted molar refractivity (Wildman–Crippen MR) is 98.4 cm³/mol. The Morgan fingerprint density at radius 1 is 1.15 bits per heavy atom. The van der Waals surface area contributed by atoms with Gasteiger partial charge in [-0.2, -0.15) is 0 Å². The average Bonchev–Trinajstić information content (AvgIpc) is 3.07. The van der Waals surface area contributed by atoms with E-state index >= 15 is 0 Å². The molecule has 2 N–H and O–H groups in total. The molecule has 2 aromatic rings. The summed E-state index contributed by atoms with van der Waals surface area (Å²) in [6, 6.07) is 14.6. The molecule has 0 aliphatic carbocycles. The standard InChI is InChI=1S/C20H20N2O5/c1-26-17-5-3-2-4-13(17)12-27-16-8-6-15(7-9-16)22-11-14(10-18(22)23)19(24)20(21)25/h2-9,14H,10-12H2,1H3,(H2,21,25). The Morgan fingerprint density at radius 2 is 1.85 bits per heavy atom. The summed E-state index contributed by atoms with van der Waals surface area (Å²) in [5, 5.41) is 0. The molecule has 7 nitrogen and oxygen atoms in total. The van der Waals surface area contributed by atoms with Crippen LogP contribution in [0.25, 0.3) is 0 Å². The van der Waals surface area contributed by atoms with Gasteiger partial charge < -0.3 is 20.1 Å². The Bertz CT molecular complexity index is 863. The van der Waals surface area contributed by atoms with Gasteiger partial charge in [-0.15, -0.1) is 0 Å². The maximum absolute atomic E-state index is 12.2. The Labute approximate surface area is 156 Å². The number of anilines is 1. The van der Waals surface area contributed by atoms with Crippen molar-refractivity contribution in [3.8, 4) is 11.5 Å². The number of para-hydroxylation sites is 1. The number of nitrogens with two attached hydrogens (primary N) is 1. The van der Waals surface area contributed by atoms with Crippen LogP contribution >= 0.6 is 0 Å². The van der Waals surface area contributed by atoms with Gasteiger partial charge in [-0.3, -0.25) is 14.4 Å². The second kappa shape index (κ2) is 7.90. The lowest BCUT2D eigenvalue weighted by Gasteiger charge is -2.17. The number of methoxy groups -OCH3 is 1. The van der Waals surface area contributed by atoms with Crippen LogP contribution in [0.3, 0.4) is 0 Å². The van der Waals surface area contributed by atoms with E-state index in [9.17, 15) is 14.4 Å². The second-order valence-corrected chi connectivity index (χ2v) is 6.23. The molecule has 0 saturated carbocycles. The third kappa shape index (κ3) is 4.08. The normalized spacial score (nSPS) is 16.3. The number of hydrogen-bond donors (Lipinski definition) is 1. The van der Waals surface area contributed by atoms with E-state index in [1.165, 1.54) is 4.90 Å². The van der Waals surface area contributed by atoms with Gasteiger partial charge in [0.25, 0.3) is 5.91 Å². The highest BCUT2D eigenvalue weighted by atomic mass is 16.5. The van der Waals surface area contributed by atoms with Gasteiger partial charge in [0.2, 0.25) is 11.7 Å². The van der Waals surface area contributed by atoms with Crippen molar-refractivity contribution in [2.45, 2.75) is 13.0 Å². The molecule has 0 radical (unpaired) electrons. The quantitative estimate of drug-likeness (QED) is 0.750. The Hall–Kier alpha value is -3.35. The molecule has 1 unspecified atom stereocenters. The van der Waals surface area contributed by atoms with Crippen LogP contribution < -0.4 is 20.1 Å². The molecule has 1 fully saturated rings. The highest BCUT2D eigenvalue weighted by Crippen LogP contribution is 2.28. The maximum Gasteiger partial charge on any atom is 0.285 e. The Balaban J connectivity index is 1.64. The number of hydrogen-bond acceptors (Lipinski definition) is 5. The molecular weight excluding hydrogens is 348 g/mol. The number of amides is 2. The van der Waals surface area contributed by atoms with Crippen molar-refractivity contribution in [1.29, 1.82) is 0 Å². The minimum atomic E-state index is -1.00. The number of ether oxygens (including phenoxy) is 2. The highest BCUT2D eigenvalue weighted by molar-refractivity contribution is 6.37. The Morgan fingerprint density at radius 3 is 2.52 bits per heavy atom. The molecule has 0 aromatic heterocycles. The molecule has 3 rings (SSSR count). The number of rotatable bonds is 7. The van der Waals surface area contributed by atoms with Crippen molar-refractivity contribution >= 4 is 23.3 Å². The van der Waals surface area contributed by atoms with Gasteiger partial charge in [0.15, 0.2) is 0 Å². The number of Topliss-reactive ketones (excluding diaryl/α,β-unsaturated/α-hetero) is 1. The van der Waals surface area contributed by atoms with E-state index in [0.717, 1.165) is 11.3 Å². The van der Waals surface area contributed by atoms with Gasteiger partial charge in [0.1, 0.15) is 18.1 Å². The van der Waals surface area contributed by atoms with E-state index in [4.69, 9.17) is 15.2 Å². The number of ketones is 1. The molecule has 0 spiro atoms. The van der Waals surface area contributed by atoms with Crippen molar-refractivity contribution in [3.63, 3.8) is 0 Å². The summed E-state index contributed by atoms with van der Waals surface area (Å²) >= 11 is 0. The van der Waals surface area contributed by atoms with E-state index in [2.05, 4.69) is 0 Å². The molecule has 7 heteroatoms. The molecule has 0 bridgehead atoms. The average molecular weight is 368 g/mol. The predicted octanol–water partition coefficient (Wildman–Crippen LogP) is 1.68. The first-order chi connectivity index (χ1) is 13.0. The smallest absolute Gasteiger partial charge is 0.285 e. The van der Waals surface area contributed by atoms with E-state index in [0.29, 0.717) is 18.0 Å². The van der Waals surface area contributed by atoms with Crippen LogP contribution in [0.4, 0.5) is 5.69 Å². The van der Waals surface area contributed by atoms with Crippen LogP contribution in [-0.4, -0.2) is 31.3 Å². The lowest BCUT2D eigenvalue weighted by molar-refractivity contribution is -0.138. The van der Waals surface area contributed by atoms with Crippen molar-refractivity contribution in [2.75, 3.05) is 18.6 Å². The van der Waals surface area contributed by atoms with Crippen LogP contribution in [0, 0.1) is 5.92 Å². The minimum absolute atomic E-state index is 0.00612. The van der Waals surface area contributed by atoms with Gasteiger partial charge in [-0.05, 0) is 30.3 Å². The van der Waals surface area contributed by atoms with Crippen LogP contribution in [0.2, 0.25) is 0 Å². The molecule has 27 heavy (non-hydrogen) atoms. The summed E-state index contributed by atoms with van der Waals surface area (Å²) < 4.78 is 11.1. The van der Waals surface area contributed by atoms with Crippen molar-refractivity contribution in [1.82, 2.24) is 0 Å². The summed E-state index contributed by atoms with van der Waals surface area (Å²) in [7, 11) is 1.61. The first-order valence-electron chi connectivity index (χ1n) is 8.48. The third-order valence-electron chi connectivity index (χ3n) is 4.47. The Kier molecular flexibility index (Phi) is 5.40. The molecule has 1 aliphatic heterocycles. The zero-order chi connectivity index (χ0) is 19.4. The summed E-state index contributed by atoms with van der Waals surface area (Å²) in [6.07, 6.45) is -0.00612. The van der Waals surface area contributed by atoms with Crippen molar-refractivity contribution < 1.29 is 23.9 Å². The van der Waals surface area contributed by atoms with Gasteiger partial charge in [0.05, 0.1) is 13.0 Å². The van der Waals surface area contributed by atoms with E-state index in [1.54, 1.807) is 31.4 Å². The summed E-state index contributed by atoms with van der Waals surface area (Å²) in [5.74, 6) is -1.21. The van der Waals surface area contributed by atoms with Crippen molar-refractivity contribution in [2.24, 2.45) is 11.7 Å². The maximum atomic E-state index is 12.2. The lowest BCUT2D eigenvalue weighted by atomic mass is 10.0. The number of carbonyl (C=O) groups excluding carboxylic acids is 3. The van der Waals surface area contributed by atoms with Crippen molar-refractivity contribution in [3.05, 3.63) is 54.1 Å². The minimum Gasteiger partial charge on any atom is -0.496 e. The molecule has 140 valence electrons. The fourth-order valence-electron chi connectivity index (χ4n) is 3.04. The largest absolute Gasteiger partial charge is 0.496 e. The van der Waals surface area contributed by atoms with Gasteiger partial charge in [-0.25, -0.2) is 0 Å². The number of carbonyl (C=O) groups is 3. The molecule has 1 saturated heterocycles. The zero-order valence-electron chi connectivity index (χ0n) is 14.9. The van der Waals surface area contributed by atoms with E-state index < -0.39 is 17.6 Å². The highest BCUT2D eigenvalue weighted by Gasteiger charge is 2.36. The second-order valence-electron chi connectivity index (χ2n) is 6.23. The van der Waals surface area contributed by atoms with Crippen LogP contribution in [-0.2, 0) is 21.0 Å². The molecule has 2 aromatic carbocycles. The number of primary amides is 1. The van der Waals surface area contributed by atoms with Gasteiger partial charge >= 0.3 is 0 Å². The summed E-state index contributed by atoms with van der Waals surface area (Å²) in [6.45, 7) is 0.503. The number of benzene rings is 2. The summed E-state index contributed by atoms with van der Waals surface area (Å²) in [4.78, 5) is 36.4. The SMILES string of the molecule is COc1ccccc1COc1ccc(N2CC(C(=O)C(N)=O)CC2=O)cc1. The molecule has 1 heterocycles. The molecule has 1 aliphatic rings. The molecule has 1 atom stereocenters. The molecule has 2 amide bonds. The van der Waals surface area contributed by atoms with Crippen LogP contribution in [0.1, 0.15) is 12.0 Å². The van der Waals surface area contributed by atoms with Crippen LogP contribution in [0.5, 0.6) is 11.5 Å². The van der Waals surface area contributed by atoms with Crippen LogP contribution in [0.15, 0.2) is 48.5 Å². The molecular formula is C20H20N2O5. The summed E-state index contributed by atoms with van der Waals surface area (Å²) in [5.41, 5.74) is 6.59. The van der Waals surface area contributed by atoms with Gasteiger partial charge in [-0.1, -0.05) is 18.2 Å². The fourth-order valence-corrected chi connectivity index (χ4v) is 3.04. The first kappa shape index (κ1) is 18.4. The monoisotopic (exact) mass is 368 g/mol. The van der Waals surface area contributed by atoms with E-state index in [-0.39, 0.29) is 18.9 Å². The fraction of sp³-hybridized carbons (Fsp3) is 0.250. The lowest BCUT2D eigenvalue weighted by Crippen LogP contribution is -2.32. The zero-order valence-corrected chi connectivity index (χ0v) is 14.9. The van der Waals surface area contributed by atoms with Gasteiger partial charge in [0, 0.05) is 24.2 Å². The topological polar surface area (TPSA) is 98.9 Å². The van der Waals surface area contributed by atoms with E-state index in [1.807, 2.05) is 24.3 Å². The first-order valence-corrected chi connectivity index (χ1v) is 8.48.